The first-order chi connectivity index (χ1) is 9.17. The van der Waals surface area contributed by atoms with Crippen LogP contribution in [0.5, 0.6) is 5.75 Å². The molecule has 1 amide bonds. The van der Waals surface area contributed by atoms with E-state index in [9.17, 15) is 4.79 Å². The molecule has 0 aliphatic carbocycles. The fourth-order valence-electron chi connectivity index (χ4n) is 1.43. The van der Waals surface area contributed by atoms with Gasteiger partial charge in [-0.2, -0.15) is 0 Å². The lowest BCUT2D eigenvalue weighted by Gasteiger charge is -2.11. The van der Waals surface area contributed by atoms with E-state index < -0.39 is 6.04 Å². The topological polar surface area (TPSA) is 73.6 Å². The van der Waals surface area contributed by atoms with Gasteiger partial charge < -0.3 is 20.5 Å². The molecule has 3 N–H and O–H groups in total. The molecule has 5 nitrogen and oxygen atoms in total. The highest BCUT2D eigenvalue weighted by Crippen LogP contribution is 2.17. The van der Waals surface area contributed by atoms with Crippen LogP contribution >= 0.6 is 0 Å². The van der Waals surface area contributed by atoms with Gasteiger partial charge in [0.05, 0.1) is 12.6 Å². The summed E-state index contributed by atoms with van der Waals surface area (Å²) in [6.45, 7) is 4.53. The number of hydrogen-bond donors (Lipinski definition) is 2. The summed E-state index contributed by atoms with van der Waals surface area (Å²) in [5.74, 6) is 0.432. The van der Waals surface area contributed by atoms with E-state index in [-0.39, 0.29) is 5.91 Å². The molecule has 0 aliphatic heterocycles. The average molecular weight is 264 g/mol. The van der Waals surface area contributed by atoms with Crippen LogP contribution < -0.4 is 15.8 Å². The minimum atomic E-state index is -0.587. The summed E-state index contributed by atoms with van der Waals surface area (Å²) in [5, 5.41) is 2.73. The van der Waals surface area contributed by atoms with E-state index in [0.29, 0.717) is 31.1 Å². The van der Waals surface area contributed by atoms with Crippen LogP contribution in [-0.4, -0.2) is 32.3 Å². The van der Waals surface area contributed by atoms with Gasteiger partial charge in [-0.1, -0.05) is 12.1 Å². The minimum Gasteiger partial charge on any atom is -0.491 e. The number of carbonyl (C=O) groups excluding carboxylic acids is 1. The van der Waals surface area contributed by atoms with Gasteiger partial charge in [-0.3, -0.25) is 4.79 Å². The molecule has 1 unspecified atom stereocenters. The summed E-state index contributed by atoms with van der Waals surface area (Å²) < 4.78 is 10.3. The SMILES string of the molecule is C=CCC(N)C(=O)Nc1cccc(OCCOC)c1. The Morgan fingerprint density at radius 3 is 3.00 bits per heavy atom. The number of anilines is 1. The van der Waals surface area contributed by atoms with E-state index in [1.54, 1.807) is 31.4 Å². The molecule has 1 atom stereocenters. The first kappa shape index (κ1) is 15.2. The normalized spacial score (nSPS) is 11.7. The second kappa shape index (κ2) is 8.29. The Labute approximate surface area is 113 Å². The van der Waals surface area contributed by atoms with Gasteiger partial charge in [0.2, 0.25) is 5.91 Å². The molecule has 5 heteroatoms. The molecule has 1 aromatic carbocycles. The Hall–Kier alpha value is -1.85. The van der Waals surface area contributed by atoms with E-state index >= 15 is 0 Å². The van der Waals surface area contributed by atoms with E-state index in [4.69, 9.17) is 15.2 Å². The summed E-state index contributed by atoms with van der Waals surface area (Å²) in [6, 6.07) is 6.55. The van der Waals surface area contributed by atoms with Gasteiger partial charge >= 0.3 is 0 Å². The van der Waals surface area contributed by atoms with Crippen LogP contribution in [0, 0.1) is 0 Å². The number of carbonyl (C=O) groups is 1. The zero-order valence-electron chi connectivity index (χ0n) is 11.1. The summed E-state index contributed by atoms with van der Waals surface area (Å²) in [6.07, 6.45) is 2.06. The molecule has 0 bridgehead atoms. The molecule has 104 valence electrons. The number of nitrogens with two attached hydrogens (primary N) is 1. The van der Waals surface area contributed by atoms with Crippen LogP contribution in [0.15, 0.2) is 36.9 Å². The van der Waals surface area contributed by atoms with Crippen LogP contribution in [0.4, 0.5) is 5.69 Å². The molecular weight excluding hydrogens is 244 g/mol. The number of nitrogens with one attached hydrogen (secondary N) is 1. The van der Waals surface area contributed by atoms with Crippen molar-refractivity contribution in [3.8, 4) is 5.75 Å². The first-order valence-corrected chi connectivity index (χ1v) is 6.06. The molecule has 0 fully saturated rings. The largest absolute Gasteiger partial charge is 0.491 e. The van der Waals surface area contributed by atoms with Gasteiger partial charge in [0, 0.05) is 18.9 Å². The number of methoxy groups -OCH3 is 1. The molecule has 0 aromatic heterocycles. The monoisotopic (exact) mass is 264 g/mol. The van der Waals surface area contributed by atoms with Crippen molar-refractivity contribution in [2.24, 2.45) is 5.73 Å². The van der Waals surface area contributed by atoms with Gasteiger partial charge in [-0.25, -0.2) is 0 Å². The Kier molecular flexibility index (Phi) is 6.63. The summed E-state index contributed by atoms with van der Waals surface area (Å²) in [7, 11) is 1.61. The van der Waals surface area contributed by atoms with Crippen molar-refractivity contribution in [2.75, 3.05) is 25.6 Å². The summed E-state index contributed by atoms with van der Waals surface area (Å²) in [4.78, 5) is 11.7. The lowest BCUT2D eigenvalue weighted by molar-refractivity contribution is -0.117. The smallest absolute Gasteiger partial charge is 0.241 e. The highest BCUT2D eigenvalue weighted by atomic mass is 16.5. The standard InChI is InChI=1S/C14H20N2O3/c1-3-5-13(15)14(17)16-11-6-4-7-12(10-11)19-9-8-18-2/h3-4,6-7,10,13H,1,5,8-9,15H2,2H3,(H,16,17). The van der Waals surface area contributed by atoms with E-state index in [1.165, 1.54) is 0 Å². The lowest BCUT2D eigenvalue weighted by atomic mass is 10.2. The van der Waals surface area contributed by atoms with Crippen LogP contribution in [0.25, 0.3) is 0 Å². The highest BCUT2D eigenvalue weighted by molar-refractivity contribution is 5.94. The number of amides is 1. The second-order valence-electron chi connectivity index (χ2n) is 3.99. The van der Waals surface area contributed by atoms with Crippen LogP contribution in [0.1, 0.15) is 6.42 Å². The van der Waals surface area contributed by atoms with Gasteiger partial charge in [0.15, 0.2) is 0 Å². The number of hydrogen-bond acceptors (Lipinski definition) is 4. The van der Waals surface area contributed by atoms with Gasteiger partial charge in [-0.05, 0) is 18.6 Å². The Balaban J connectivity index is 2.56. The molecule has 1 rings (SSSR count). The molecular formula is C14H20N2O3. The predicted octanol–water partition coefficient (Wildman–Crippen LogP) is 1.55. The molecule has 0 aliphatic rings. The third-order valence-electron chi connectivity index (χ3n) is 2.42. The van der Waals surface area contributed by atoms with Crippen molar-refractivity contribution in [2.45, 2.75) is 12.5 Å². The van der Waals surface area contributed by atoms with E-state index in [2.05, 4.69) is 11.9 Å². The Morgan fingerprint density at radius 2 is 2.32 bits per heavy atom. The van der Waals surface area contributed by atoms with Gasteiger partial charge in [-0.15, -0.1) is 6.58 Å². The summed E-state index contributed by atoms with van der Waals surface area (Å²) >= 11 is 0. The third kappa shape index (κ3) is 5.54. The number of ether oxygens (including phenoxy) is 2. The zero-order chi connectivity index (χ0) is 14.1. The Bertz CT molecular complexity index is 421. The zero-order valence-corrected chi connectivity index (χ0v) is 11.1. The van der Waals surface area contributed by atoms with Crippen molar-refractivity contribution in [3.05, 3.63) is 36.9 Å². The molecule has 1 aromatic rings. The Morgan fingerprint density at radius 1 is 1.53 bits per heavy atom. The molecule has 0 heterocycles. The first-order valence-electron chi connectivity index (χ1n) is 6.06. The second-order valence-corrected chi connectivity index (χ2v) is 3.99. The maximum absolute atomic E-state index is 11.7. The molecule has 0 spiro atoms. The van der Waals surface area contributed by atoms with Crippen LogP contribution in [0.2, 0.25) is 0 Å². The number of rotatable bonds is 8. The van der Waals surface area contributed by atoms with Crippen molar-refractivity contribution in [1.82, 2.24) is 0 Å². The van der Waals surface area contributed by atoms with Crippen molar-refractivity contribution < 1.29 is 14.3 Å². The molecule has 0 saturated carbocycles. The van der Waals surface area contributed by atoms with E-state index in [1.807, 2.05) is 6.07 Å². The maximum Gasteiger partial charge on any atom is 0.241 e. The fraction of sp³-hybridized carbons (Fsp3) is 0.357. The molecule has 0 saturated heterocycles. The van der Waals surface area contributed by atoms with Crippen molar-refractivity contribution >= 4 is 11.6 Å². The molecule has 19 heavy (non-hydrogen) atoms. The van der Waals surface area contributed by atoms with Crippen LogP contribution in [0.3, 0.4) is 0 Å². The summed E-state index contributed by atoms with van der Waals surface area (Å²) in [5.41, 5.74) is 6.33. The lowest BCUT2D eigenvalue weighted by Crippen LogP contribution is -2.35. The third-order valence-corrected chi connectivity index (χ3v) is 2.42. The fourth-order valence-corrected chi connectivity index (χ4v) is 1.43. The quantitative estimate of drug-likeness (QED) is 0.552. The van der Waals surface area contributed by atoms with Crippen LogP contribution in [-0.2, 0) is 9.53 Å². The van der Waals surface area contributed by atoms with E-state index in [0.717, 1.165) is 0 Å². The number of benzene rings is 1. The van der Waals surface area contributed by atoms with Crippen molar-refractivity contribution in [1.29, 1.82) is 0 Å². The van der Waals surface area contributed by atoms with Gasteiger partial charge in [0.1, 0.15) is 12.4 Å². The van der Waals surface area contributed by atoms with Crippen molar-refractivity contribution in [3.63, 3.8) is 0 Å². The predicted molar refractivity (Wildman–Crippen MR) is 75.2 cm³/mol. The minimum absolute atomic E-state index is 0.242. The highest BCUT2D eigenvalue weighted by Gasteiger charge is 2.11. The molecule has 0 radical (unpaired) electrons. The van der Waals surface area contributed by atoms with Gasteiger partial charge in [0.25, 0.3) is 0 Å². The average Bonchev–Trinajstić information content (AvgIpc) is 2.40. The maximum atomic E-state index is 11.7.